The van der Waals surface area contributed by atoms with Crippen LogP contribution in [-0.2, 0) is 4.79 Å². The molecule has 0 spiro atoms. The first kappa shape index (κ1) is 18.2. The van der Waals surface area contributed by atoms with Gasteiger partial charge in [0.2, 0.25) is 11.6 Å². The van der Waals surface area contributed by atoms with E-state index in [2.05, 4.69) is 20.2 Å². The zero-order valence-corrected chi connectivity index (χ0v) is 16.0. The Morgan fingerprint density at radius 1 is 1.18 bits per heavy atom. The molecular formula is C22H24N4O2. The number of hydrogen-bond acceptors (Lipinski definition) is 5. The van der Waals surface area contributed by atoms with Crippen molar-refractivity contribution < 1.29 is 9.21 Å². The second-order valence-electron chi connectivity index (χ2n) is 7.09. The number of nitrogens with zero attached hydrogens (tertiary/aromatic N) is 3. The summed E-state index contributed by atoms with van der Waals surface area (Å²) in [6.07, 6.45) is 5.58. The molecule has 1 aromatic carbocycles. The Labute approximate surface area is 164 Å². The number of rotatable bonds is 5. The molecule has 2 aromatic heterocycles. The van der Waals surface area contributed by atoms with Crippen LogP contribution in [0.4, 0.5) is 6.01 Å². The Bertz CT molecular complexity index is 973. The van der Waals surface area contributed by atoms with Crippen LogP contribution in [0, 0.1) is 12.8 Å². The molecule has 3 aromatic rings. The van der Waals surface area contributed by atoms with Crippen molar-refractivity contribution >= 4 is 29.2 Å². The Kier molecular flexibility index (Phi) is 5.37. The van der Waals surface area contributed by atoms with Crippen molar-refractivity contribution in [2.75, 3.05) is 24.5 Å². The standard InChI is InChI=1S/C22H24N4O2/c1-16-9-10-19-20(24-16)25-22(28-19)26-14-11-18(12-15-26)21(27)23-13-5-8-17-6-3-2-4-7-17/h2-10,18H,11-15H2,1H3,(H,23,27). The minimum atomic E-state index is 0.0334. The van der Waals surface area contributed by atoms with Crippen LogP contribution in [-0.4, -0.2) is 35.5 Å². The lowest BCUT2D eigenvalue weighted by Gasteiger charge is -2.29. The first-order chi connectivity index (χ1) is 13.7. The molecule has 0 unspecified atom stereocenters. The third kappa shape index (κ3) is 4.22. The number of benzene rings is 1. The highest BCUT2D eigenvalue weighted by Gasteiger charge is 2.27. The fourth-order valence-corrected chi connectivity index (χ4v) is 3.43. The number of hydrogen-bond donors (Lipinski definition) is 1. The smallest absolute Gasteiger partial charge is 0.299 e. The molecule has 0 radical (unpaired) electrons. The summed E-state index contributed by atoms with van der Waals surface area (Å²) in [5, 5.41) is 3.01. The number of aromatic nitrogens is 2. The van der Waals surface area contributed by atoms with E-state index < -0.39 is 0 Å². The van der Waals surface area contributed by atoms with Crippen LogP contribution in [0.25, 0.3) is 17.3 Å². The van der Waals surface area contributed by atoms with E-state index in [1.807, 2.05) is 61.5 Å². The van der Waals surface area contributed by atoms with Crippen molar-refractivity contribution in [2.45, 2.75) is 19.8 Å². The molecule has 6 nitrogen and oxygen atoms in total. The van der Waals surface area contributed by atoms with Gasteiger partial charge in [0.1, 0.15) is 0 Å². The van der Waals surface area contributed by atoms with E-state index in [0.29, 0.717) is 23.8 Å². The molecule has 0 aliphatic carbocycles. The van der Waals surface area contributed by atoms with Crippen molar-refractivity contribution in [3.63, 3.8) is 0 Å². The first-order valence-corrected chi connectivity index (χ1v) is 9.67. The molecule has 6 heteroatoms. The highest BCUT2D eigenvalue weighted by molar-refractivity contribution is 5.79. The van der Waals surface area contributed by atoms with Gasteiger partial charge in [-0.2, -0.15) is 4.98 Å². The van der Waals surface area contributed by atoms with E-state index >= 15 is 0 Å². The Hall–Kier alpha value is -3.15. The predicted octanol–water partition coefficient (Wildman–Crippen LogP) is 3.58. The van der Waals surface area contributed by atoms with Gasteiger partial charge in [-0.25, -0.2) is 4.98 Å². The van der Waals surface area contributed by atoms with Crippen LogP contribution in [0.1, 0.15) is 24.1 Å². The van der Waals surface area contributed by atoms with Gasteiger partial charge in [-0.15, -0.1) is 0 Å². The Morgan fingerprint density at radius 2 is 1.96 bits per heavy atom. The van der Waals surface area contributed by atoms with E-state index in [4.69, 9.17) is 4.42 Å². The zero-order chi connectivity index (χ0) is 19.3. The molecule has 1 aliphatic heterocycles. The molecule has 28 heavy (non-hydrogen) atoms. The monoisotopic (exact) mass is 376 g/mol. The number of carbonyl (C=O) groups is 1. The summed E-state index contributed by atoms with van der Waals surface area (Å²) < 4.78 is 5.82. The van der Waals surface area contributed by atoms with Crippen molar-refractivity contribution in [1.29, 1.82) is 0 Å². The van der Waals surface area contributed by atoms with Crippen LogP contribution >= 0.6 is 0 Å². The topological polar surface area (TPSA) is 71.3 Å². The molecule has 4 rings (SSSR count). The second-order valence-corrected chi connectivity index (χ2v) is 7.09. The molecule has 1 fully saturated rings. The molecule has 0 saturated carbocycles. The summed E-state index contributed by atoms with van der Waals surface area (Å²) in [5.74, 6) is 0.151. The van der Waals surface area contributed by atoms with Crippen molar-refractivity contribution in [3.05, 3.63) is 59.8 Å². The van der Waals surface area contributed by atoms with Gasteiger partial charge in [-0.1, -0.05) is 42.5 Å². The number of aryl methyl sites for hydroxylation is 1. The van der Waals surface area contributed by atoms with Gasteiger partial charge in [0, 0.05) is 31.2 Å². The summed E-state index contributed by atoms with van der Waals surface area (Å²) in [5.41, 5.74) is 3.39. The maximum atomic E-state index is 12.4. The van der Waals surface area contributed by atoms with Crippen LogP contribution in [0.15, 0.2) is 53.0 Å². The minimum absolute atomic E-state index is 0.0334. The molecule has 1 saturated heterocycles. The van der Waals surface area contributed by atoms with Gasteiger partial charge in [0.25, 0.3) is 6.01 Å². The molecule has 3 heterocycles. The summed E-state index contributed by atoms with van der Waals surface area (Å²) in [4.78, 5) is 23.4. The van der Waals surface area contributed by atoms with Crippen LogP contribution in [0.3, 0.4) is 0 Å². The molecule has 1 amide bonds. The van der Waals surface area contributed by atoms with Gasteiger partial charge in [-0.3, -0.25) is 4.79 Å². The maximum Gasteiger partial charge on any atom is 0.299 e. The number of pyridine rings is 1. The van der Waals surface area contributed by atoms with Crippen molar-refractivity contribution in [3.8, 4) is 0 Å². The lowest BCUT2D eigenvalue weighted by Crippen LogP contribution is -2.40. The maximum absolute atomic E-state index is 12.4. The van der Waals surface area contributed by atoms with Crippen molar-refractivity contribution in [1.82, 2.24) is 15.3 Å². The number of fused-ring (bicyclic) bond motifs is 1. The van der Waals surface area contributed by atoms with Crippen LogP contribution in [0.2, 0.25) is 0 Å². The highest BCUT2D eigenvalue weighted by atomic mass is 16.4. The Balaban J connectivity index is 1.27. The van der Waals surface area contributed by atoms with Gasteiger partial charge in [-0.05, 0) is 37.5 Å². The second kappa shape index (κ2) is 8.25. The minimum Gasteiger partial charge on any atom is -0.422 e. The van der Waals surface area contributed by atoms with E-state index in [1.165, 1.54) is 0 Å². The normalized spacial score (nSPS) is 15.4. The van der Waals surface area contributed by atoms with Crippen molar-refractivity contribution in [2.24, 2.45) is 5.92 Å². The van der Waals surface area contributed by atoms with Gasteiger partial charge in [0.05, 0.1) is 0 Å². The average molecular weight is 376 g/mol. The van der Waals surface area contributed by atoms with Crippen LogP contribution in [0.5, 0.6) is 0 Å². The summed E-state index contributed by atoms with van der Waals surface area (Å²) >= 11 is 0. The number of anilines is 1. The fraction of sp³-hybridized carbons (Fsp3) is 0.318. The Morgan fingerprint density at radius 3 is 2.75 bits per heavy atom. The average Bonchev–Trinajstić information content (AvgIpc) is 3.15. The first-order valence-electron chi connectivity index (χ1n) is 9.67. The quantitative estimate of drug-likeness (QED) is 0.737. The molecule has 0 atom stereocenters. The van der Waals surface area contributed by atoms with Gasteiger partial charge < -0.3 is 14.6 Å². The summed E-state index contributed by atoms with van der Waals surface area (Å²) in [6, 6.07) is 14.5. The lowest BCUT2D eigenvalue weighted by atomic mass is 9.96. The molecule has 144 valence electrons. The van der Waals surface area contributed by atoms with E-state index in [1.54, 1.807) is 0 Å². The lowest BCUT2D eigenvalue weighted by molar-refractivity contribution is -0.125. The predicted molar refractivity (Wildman–Crippen MR) is 110 cm³/mol. The number of piperidine rings is 1. The molecule has 1 aliphatic rings. The SMILES string of the molecule is Cc1ccc2oc(N3CCC(C(=O)NCC=Cc4ccccc4)CC3)nc2n1. The molecular weight excluding hydrogens is 352 g/mol. The summed E-state index contributed by atoms with van der Waals surface area (Å²) in [7, 11) is 0. The number of nitrogens with one attached hydrogen (secondary N) is 1. The molecule has 1 N–H and O–H groups in total. The number of amides is 1. The fourth-order valence-electron chi connectivity index (χ4n) is 3.43. The summed E-state index contributed by atoms with van der Waals surface area (Å²) in [6.45, 7) is 3.99. The van der Waals surface area contributed by atoms with E-state index in [9.17, 15) is 4.79 Å². The molecule has 0 bridgehead atoms. The zero-order valence-electron chi connectivity index (χ0n) is 16.0. The van der Waals surface area contributed by atoms with Gasteiger partial charge in [0.15, 0.2) is 5.58 Å². The third-order valence-electron chi connectivity index (χ3n) is 5.02. The number of oxazole rings is 1. The van der Waals surface area contributed by atoms with E-state index in [-0.39, 0.29) is 11.8 Å². The largest absolute Gasteiger partial charge is 0.422 e. The number of carbonyl (C=O) groups excluding carboxylic acids is 1. The van der Waals surface area contributed by atoms with Gasteiger partial charge >= 0.3 is 0 Å². The van der Waals surface area contributed by atoms with Crippen LogP contribution < -0.4 is 10.2 Å². The highest BCUT2D eigenvalue weighted by Crippen LogP contribution is 2.26. The van der Waals surface area contributed by atoms with E-state index in [0.717, 1.165) is 37.2 Å². The third-order valence-corrected chi connectivity index (χ3v) is 5.02.